The number of fused-ring (bicyclic) bond motifs is 3. The molecule has 2 aromatic rings. The zero-order chi connectivity index (χ0) is 19.8. The van der Waals surface area contributed by atoms with E-state index >= 15 is 0 Å². The summed E-state index contributed by atoms with van der Waals surface area (Å²) in [5.74, 6) is 1.04. The third-order valence-electron chi connectivity index (χ3n) is 5.16. The van der Waals surface area contributed by atoms with E-state index in [4.69, 9.17) is 9.15 Å². The lowest BCUT2D eigenvalue weighted by molar-refractivity contribution is -0.122. The molecule has 1 fully saturated rings. The van der Waals surface area contributed by atoms with Gasteiger partial charge in [-0.05, 0) is 32.8 Å². The minimum absolute atomic E-state index is 0.0674. The first kappa shape index (κ1) is 18.7. The number of carbonyl (C=O) groups excluding carboxylic acids is 2. The van der Waals surface area contributed by atoms with Gasteiger partial charge in [0.05, 0.1) is 18.9 Å². The Morgan fingerprint density at radius 3 is 2.71 bits per heavy atom. The van der Waals surface area contributed by atoms with Crippen molar-refractivity contribution in [3.63, 3.8) is 0 Å². The fourth-order valence-electron chi connectivity index (χ4n) is 3.87. The van der Waals surface area contributed by atoms with Gasteiger partial charge in [0, 0.05) is 42.9 Å². The third-order valence-corrected chi connectivity index (χ3v) is 5.16. The van der Waals surface area contributed by atoms with Gasteiger partial charge < -0.3 is 19.4 Å². The Hall–Kier alpha value is -2.61. The van der Waals surface area contributed by atoms with Crippen molar-refractivity contribution < 1.29 is 18.7 Å². The lowest BCUT2D eigenvalue weighted by Gasteiger charge is -2.26. The fourth-order valence-corrected chi connectivity index (χ4v) is 3.87. The molecule has 0 bridgehead atoms. The number of hydrogen-bond donors (Lipinski definition) is 1. The molecule has 3 heterocycles. The molecule has 0 radical (unpaired) electrons. The minimum atomic E-state index is -0.0903. The number of nitrogens with zero attached hydrogens (tertiary/aromatic N) is 3. The SMILES string of the molecule is Cc1c(C(=O)N2CCOCC2)oc2c1-c1nn(CC(=O)NC(C)C)cc1CC2. The largest absolute Gasteiger partial charge is 0.455 e. The number of ether oxygens (including phenoxy) is 1. The molecule has 0 unspecified atom stereocenters. The summed E-state index contributed by atoms with van der Waals surface area (Å²) in [6, 6.07) is 0.0918. The third kappa shape index (κ3) is 3.44. The lowest BCUT2D eigenvalue weighted by Crippen LogP contribution is -2.40. The number of carbonyl (C=O) groups is 2. The van der Waals surface area contributed by atoms with Gasteiger partial charge in [0.15, 0.2) is 5.76 Å². The number of furan rings is 1. The number of morpholine rings is 1. The molecule has 0 spiro atoms. The maximum atomic E-state index is 12.9. The van der Waals surface area contributed by atoms with E-state index in [1.807, 2.05) is 27.0 Å². The predicted molar refractivity (Wildman–Crippen MR) is 102 cm³/mol. The highest BCUT2D eigenvalue weighted by atomic mass is 16.5. The van der Waals surface area contributed by atoms with E-state index in [0.717, 1.165) is 41.0 Å². The second-order valence-corrected chi connectivity index (χ2v) is 7.68. The molecular formula is C20H26N4O4. The van der Waals surface area contributed by atoms with E-state index in [1.165, 1.54) is 0 Å². The van der Waals surface area contributed by atoms with Crippen LogP contribution in [0.25, 0.3) is 11.3 Å². The van der Waals surface area contributed by atoms with E-state index in [0.29, 0.717) is 32.1 Å². The van der Waals surface area contributed by atoms with Gasteiger partial charge in [-0.2, -0.15) is 5.10 Å². The molecule has 4 rings (SSSR count). The molecule has 1 aliphatic heterocycles. The highest BCUT2D eigenvalue weighted by Crippen LogP contribution is 2.38. The average molecular weight is 386 g/mol. The molecule has 2 aliphatic rings. The van der Waals surface area contributed by atoms with Crippen LogP contribution in [0.5, 0.6) is 0 Å². The molecule has 8 nitrogen and oxygen atoms in total. The Morgan fingerprint density at radius 2 is 2.00 bits per heavy atom. The molecule has 0 atom stereocenters. The molecule has 1 saturated heterocycles. The summed E-state index contributed by atoms with van der Waals surface area (Å²) in [4.78, 5) is 26.7. The zero-order valence-corrected chi connectivity index (χ0v) is 16.6. The quantitative estimate of drug-likeness (QED) is 0.861. The molecule has 0 saturated carbocycles. The molecule has 150 valence electrons. The van der Waals surface area contributed by atoms with Gasteiger partial charge in [-0.25, -0.2) is 0 Å². The van der Waals surface area contributed by atoms with Crippen LogP contribution >= 0.6 is 0 Å². The smallest absolute Gasteiger partial charge is 0.290 e. The standard InChI is InChI=1S/C20H26N4O4/c1-12(2)21-16(25)11-24-10-14-4-5-15-17(18(14)22-24)13(3)19(28-15)20(26)23-6-8-27-9-7-23/h10,12H,4-9,11H2,1-3H3,(H,21,25). The minimum Gasteiger partial charge on any atom is -0.455 e. The summed E-state index contributed by atoms with van der Waals surface area (Å²) in [6.07, 6.45) is 3.43. The molecule has 28 heavy (non-hydrogen) atoms. The maximum absolute atomic E-state index is 12.9. The summed E-state index contributed by atoms with van der Waals surface area (Å²) in [5.41, 5.74) is 3.63. The summed E-state index contributed by atoms with van der Waals surface area (Å²) in [6.45, 7) is 8.21. The zero-order valence-electron chi connectivity index (χ0n) is 16.6. The van der Waals surface area contributed by atoms with Gasteiger partial charge in [0.2, 0.25) is 5.91 Å². The summed E-state index contributed by atoms with van der Waals surface area (Å²) >= 11 is 0. The monoisotopic (exact) mass is 386 g/mol. The summed E-state index contributed by atoms with van der Waals surface area (Å²) < 4.78 is 13.0. The van der Waals surface area contributed by atoms with Gasteiger partial charge >= 0.3 is 0 Å². The maximum Gasteiger partial charge on any atom is 0.290 e. The molecule has 8 heteroatoms. The highest BCUT2D eigenvalue weighted by Gasteiger charge is 2.32. The van der Waals surface area contributed by atoms with Crippen molar-refractivity contribution in [3.8, 4) is 11.3 Å². The van der Waals surface area contributed by atoms with Crippen molar-refractivity contribution in [2.45, 2.75) is 46.2 Å². The van der Waals surface area contributed by atoms with E-state index in [9.17, 15) is 9.59 Å². The average Bonchev–Trinajstić information content (AvgIpc) is 3.21. The normalized spacial score (nSPS) is 16.1. The van der Waals surface area contributed by atoms with Gasteiger partial charge in [-0.3, -0.25) is 14.3 Å². The Kier molecular flexibility index (Phi) is 4.97. The number of amides is 2. The molecule has 2 amide bonds. The van der Waals surface area contributed by atoms with Crippen LogP contribution in [0, 0.1) is 6.92 Å². The van der Waals surface area contributed by atoms with Crippen molar-refractivity contribution in [2.24, 2.45) is 0 Å². The van der Waals surface area contributed by atoms with Crippen LogP contribution in [-0.2, 0) is 28.9 Å². The first-order valence-corrected chi connectivity index (χ1v) is 9.79. The second-order valence-electron chi connectivity index (χ2n) is 7.68. The van der Waals surface area contributed by atoms with Gasteiger partial charge in [-0.1, -0.05) is 0 Å². The lowest BCUT2D eigenvalue weighted by atomic mass is 9.93. The van der Waals surface area contributed by atoms with Gasteiger partial charge in [0.25, 0.3) is 5.91 Å². The Balaban J connectivity index is 1.61. The predicted octanol–water partition coefficient (Wildman–Crippen LogP) is 1.55. The van der Waals surface area contributed by atoms with E-state index in [2.05, 4.69) is 10.4 Å². The van der Waals surface area contributed by atoms with E-state index in [1.54, 1.807) is 9.58 Å². The summed E-state index contributed by atoms with van der Waals surface area (Å²) in [5, 5.41) is 7.52. The molecular weight excluding hydrogens is 360 g/mol. The van der Waals surface area contributed by atoms with Crippen LogP contribution in [0.1, 0.15) is 41.3 Å². The highest BCUT2D eigenvalue weighted by molar-refractivity contribution is 5.95. The first-order valence-electron chi connectivity index (χ1n) is 9.79. The number of nitrogens with one attached hydrogen (secondary N) is 1. The Labute approximate surface area is 163 Å². The molecule has 2 aromatic heterocycles. The molecule has 1 aliphatic carbocycles. The van der Waals surface area contributed by atoms with Gasteiger partial charge in [0.1, 0.15) is 12.3 Å². The number of hydrogen-bond acceptors (Lipinski definition) is 5. The van der Waals surface area contributed by atoms with Crippen molar-refractivity contribution in [1.82, 2.24) is 20.0 Å². The van der Waals surface area contributed by atoms with Crippen LogP contribution in [-0.4, -0.2) is 58.8 Å². The number of aryl methyl sites for hydroxylation is 2. The van der Waals surface area contributed by atoms with Crippen LogP contribution < -0.4 is 5.32 Å². The van der Waals surface area contributed by atoms with Crippen LogP contribution in [0.2, 0.25) is 0 Å². The number of aromatic nitrogens is 2. The Bertz CT molecular complexity index is 906. The van der Waals surface area contributed by atoms with Crippen LogP contribution in [0.15, 0.2) is 10.6 Å². The summed E-state index contributed by atoms with van der Waals surface area (Å²) in [7, 11) is 0. The first-order chi connectivity index (χ1) is 13.4. The van der Waals surface area contributed by atoms with Crippen LogP contribution in [0.3, 0.4) is 0 Å². The fraction of sp³-hybridized carbons (Fsp3) is 0.550. The van der Waals surface area contributed by atoms with E-state index in [-0.39, 0.29) is 24.4 Å². The second kappa shape index (κ2) is 7.43. The Morgan fingerprint density at radius 1 is 1.25 bits per heavy atom. The topological polar surface area (TPSA) is 89.6 Å². The van der Waals surface area contributed by atoms with Crippen molar-refractivity contribution in [1.29, 1.82) is 0 Å². The van der Waals surface area contributed by atoms with E-state index < -0.39 is 0 Å². The van der Waals surface area contributed by atoms with Crippen molar-refractivity contribution >= 4 is 11.8 Å². The molecule has 1 N–H and O–H groups in total. The van der Waals surface area contributed by atoms with Crippen LogP contribution in [0.4, 0.5) is 0 Å². The van der Waals surface area contributed by atoms with Crippen molar-refractivity contribution in [2.75, 3.05) is 26.3 Å². The van der Waals surface area contributed by atoms with Crippen molar-refractivity contribution in [3.05, 3.63) is 28.8 Å². The van der Waals surface area contributed by atoms with Gasteiger partial charge in [-0.15, -0.1) is 0 Å². The number of rotatable bonds is 4. The molecule has 0 aromatic carbocycles.